The van der Waals surface area contributed by atoms with Gasteiger partial charge in [0.15, 0.2) is 5.58 Å². The van der Waals surface area contributed by atoms with E-state index in [2.05, 4.69) is 187 Å². The maximum Gasteiger partial charge on any atom is 0.161 e. The molecule has 0 aliphatic carbocycles. The first kappa shape index (κ1) is 36.9. The van der Waals surface area contributed by atoms with Gasteiger partial charge >= 0.3 is 0 Å². The van der Waals surface area contributed by atoms with Crippen LogP contribution < -0.4 is 0 Å². The summed E-state index contributed by atoms with van der Waals surface area (Å²) >= 11 is 0. The van der Waals surface area contributed by atoms with E-state index in [4.69, 9.17) is 14.4 Å². The Hall–Kier alpha value is -6.46. The molecule has 4 heterocycles. The minimum atomic E-state index is -0.282. The second-order valence-electron chi connectivity index (χ2n) is 19.2. The van der Waals surface area contributed by atoms with E-state index in [1.165, 1.54) is 21.9 Å². The van der Waals surface area contributed by atoms with Gasteiger partial charge in [0.25, 0.3) is 0 Å². The molecule has 10 rings (SSSR count). The maximum absolute atomic E-state index is 6.54. The zero-order valence-electron chi connectivity index (χ0n) is 35.5. The van der Waals surface area contributed by atoms with Crippen LogP contribution in [-0.2, 0) is 16.4 Å². The minimum Gasteiger partial charge on any atom is -0.454 e. The lowest BCUT2D eigenvalue weighted by molar-refractivity contribution is 0.413. The maximum atomic E-state index is 6.54. The monoisotopic (exact) mass is 770 g/mol. The molecule has 1 N–H and O–H groups in total. The number of imidazole rings is 1. The first-order chi connectivity index (χ1) is 28.1. The molecule has 0 atom stereocenters. The van der Waals surface area contributed by atoms with Crippen molar-refractivity contribution in [3.05, 3.63) is 145 Å². The molecule has 4 aromatic heterocycles. The molecule has 0 amide bonds. The van der Waals surface area contributed by atoms with E-state index in [1.807, 2.05) is 18.3 Å². The number of para-hydroxylation sites is 2. The normalized spacial score (nSPS) is 12.8. The van der Waals surface area contributed by atoms with Crippen molar-refractivity contribution >= 4 is 54.8 Å². The molecule has 0 saturated carbocycles. The topological polar surface area (TPSA) is 59.6 Å². The average Bonchev–Trinajstić information content (AvgIpc) is 3.91. The van der Waals surface area contributed by atoms with Gasteiger partial charge in [-0.3, -0.25) is 4.98 Å². The molecule has 0 radical (unpaired) electrons. The lowest BCUT2D eigenvalue weighted by Gasteiger charge is -2.26. The molecule has 0 aliphatic rings. The first-order valence-corrected chi connectivity index (χ1v) is 20.7. The Bertz CT molecular complexity index is 3260. The summed E-state index contributed by atoms with van der Waals surface area (Å²) in [6.07, 6.45) is 1.90. The number of hydrogen-bond acceptors (Lipinski definition) is 3. The molecule has 6 aromatic carbocycles. The molecule has 0 fully saturated rings. The van der Waals surface area contributed by atoms with Gasteiger partial charge in [-0.1, -0.05) is 108 Å². The highest BCUT2D eigenvalue weighted by atomic mass is 16.3. The van der Waals surface area contributed by atoms with Crippen LogP contribution in [0.15, 0.2) is 138 Å². The fourth-order valence-corrected chi connectivity index (χ4v) is 8.84. The van der Waals surface area contributed by atoms with Gasteiger partial charge in [-0.05, 0) is 120 Å². The third-order valence-electron chi connectivity index (χ3n) is 12.0. The Morgan fingerprint density at radius 2 is 1.25 bits per heavy atom. The first-order valence-electron chi connectivity index (χ1n) is 20.7. The summed E-state index contributed by atoms with van der Waals surface area (Å²) in [6.45, 7) is 20.6. The van der Waals surface area contributed by atoms with E-state index < -0.39 is 0 Å². The summed E-state index contributed by atoms with van der Waals surface area (Å²) in [6, 6.07) is 45.9. The Labute approximate surface area is 345 Å². The fourth-order valence-electron chi connectivity index (χ4n) is 8.84. The molecule has 0 aliphatic heterocycles. The Morgan fingerprint density at radius 1 is 0.542 bits per heavy atom. The number of nitrogens with zero attached hydrogens (tertiary/aromatic N) is 3. The molecule has 10 aromatic rings. The summed E-state index contributed by atoms with van der Waals surface area (Å²) in [5.74, 6) is 0.951. The number of fused-ring (bicyclic) bond motifs is 7. The van der Waals surface area contributed by atoms with Crippen LogP contribution >= 0.6 is 0 Å². The molecule has 59 heavy (non-hydrogen) atoms. The second kappa shape index (κ2) is 13.0. The van der Waals surface area contributed by atoms with Gasteiger partial charge in [-0.2, -0.15) is 0 Å². The van der Waals surface area contributed by atoms with Gasteiger partial charge in [-0.25, -0.2) is 4.98 Å². The number of H-pyrrole nitrogens is 1. The van der Waals surface area contributed by atoms with E-state index >= 15 is 0 Å². The Morgan fingerprint density at radius 3 is 2.02 bits per heavy atom. The average molecular weight is 771 g/mol. The van der Waals surface area contributed by atoms with Gasteiger partial charge < -0.3 is 14.0 Å². The number of furan rings is 1. The Kier molecular flexibility index (Phi) is 8.13. The van der Waals surface area contributed by atoms with Crippen LogP contribution in [0.5, 0.6) is 0 Å². The van der Waals surface area contributed by atoms with Crippen LogP contribution in [0.1, 0.15) is 73.4 Å². The summed E-state index contributed by atoms with van der Waals surface area (Å²) in [5, 5.41) is 4.62. The third kappa shape index (κ3) is 6.14. The lowest BCUT2D eigenvalue weighted by Crippen LogP contribution is -2.23. The quantitative estimate of drug-likeness (QED) is 0.194. The smallest absolute Gasteiger partial charge is 0.161 e. The van der Waals surface area contributed by atoms with Crippen molar-refractivity contribution < 1.29 is 4.42 Å². The van der Waals surface area contributed by atoms with Crippen LogP contribution in [0, 0.1) is 0 Å². The van der Waals surface area contributed by atoms with E-state index in [9.17, 15) is 0 Å². The number of aromatic amines is 1. The van der Waals surface area contributed by atoms with Crippen molar-refractivity contribution in [2.75, 3.05) is 0 Å². The molecule has 292 valence electrons. The molecule has 5 nitrogen and oxygen atoms in total. The number of benzene rings is 6. The van der Waals surface area contributed by atoms with Gasteiger partial charge in [0, 0.05) is 55.5 Å². The summed E-state index contributed by atoms with van der Waals surface area (Å²) in [7, 11) is 0. The lowest BCUT2D eigenvalue weighted by atomic mass is 9.84. The largest absolute Gasteiger partial charge is 0.454 e. The minimum absolute atomic E-state index is 0.0329. The van der Waals surface area contributed by atoms with E-state index in [0.717, 1.165) is 88.9 Å². The third-order valence-corrected chi connectivity index (χ3v) is 12.0. The number of hydrogen-bond donors (Lipinski definition) is 1. The SMILES string of the molecule is CC(C)(C)c1ccc2[nH]c3c(-c4nc5c(-c6cc(-c7ccccc7)cc(-c7nccc8c7oc7ccccc78)c6)cccc5n4C(C)(C)C)cc(C(C)(C)C)cc3c2c1. The molecule has 0 spiro atoms. The van der Waals surface area contributed by atoms with Gasteiger partial charge in [-0.15, -0.1) is 0 Å². The number of pyridine rings is 1. The van der Waals surface area contributed by atoms with Crippen molar-refractivity contribution in [3.8, 4) is 44.9 Å². The zero-order chi connectivity index (χ0) is 41.0. The highest BCUT2D eigenvalue weighted by Crippen LogP contribution is 2.44. The predicted molar refractivity (Wildman–Crippen MR) is 248 cm³/mol. The van der Waals surface area contributed by atoms with E-state index in [0.29, 0.717) is 0 Å². The molecular weight excluding hydrogens is 721 g/mol. The zero-order valence-corrected chi connectivity index (χ0v) is 35.5. The molecule has 0 saturated heterocycles. The number of aromatic nitrogens is 4. The van der Waals surface area contributed by atoms with Crippen molar-refractivity contribution in [2.45, 2.75) is 78.7 Å². The summed E-state index contributed by atoms with van der Waals surface area (Å²) in [5.41, 5.74) is 15.5. The molecule has 0 unspecified atom stereocenters. The van der Waals surface area contributed by atoms with Crippen molar-refractivity contribution in [3.63, 3.8) is 0 Å². The summed E-state index contributed by atoms with van der Waals surface area (Å²) < 4.78 is 8.98. The molecular formula is C54H50N4O. The fraction of sp³-hybridized carbons (Fsp3) is 0.222. The highest BCUT2D eigenvalue weighted by Gasteiger charge is 2.28. The second-order valence-corrected chi connectivity index (χ2v) is 19.2. The van der Waals surface area contributed by atoms with Gasteiger partial charge in [0.1, 0.15) is 17.1 Å². The predicted octanol–water partition coefficient (Wildman–Crippen LogP) is 15.0. The molecule has 0 bridgehead atoms. The van der Waals surface area contributed by atoms with Crippen molar-refractivity contribution in [1.29, 1.82) is 0 Å². The number of nitrogens with one attached hydrogen (secondary N) is 1. The van der Waals surface area contributed by atoms with Crippen molar-refractivity contribution in [1.82, 2.24) is 19.5 Å². The standard InChI is InChI=1S/C54H50N4O/c1-52(2,3)36-22-23-44-41(29-36)42-30-37(53(4,5)6)31-43(48(42)56-44)51-57-49-38(19-15-20-45(49)58(51)54(7,8)9)34-26-33(32-16-11-10-12-17-32)27-35(28-34)47-50-40(24-25-55-47)39-18-13-14-21-46(39)59-50/h10-31,56H,1-9H3. The number of rotatable bonds is 4. The van der Waals surface area contributed by atoms with Crippen LogP contribution in [0.3, 0.4) is 0 Å². The van der Waals surface area contributed by atoms with Crippen LogP contribution in [-0.4, -0.2) is 19.5 Å². The van der Waals surface area contributed by atoms with E-state index in [-0.39, 0.29) is 16.4 Å². The van der Waals surface area contributed by atoms with Crippen LogP contribution in [0.2, 0.25) is 0 Å². The highest BCUT2D eigenvalue weighted by molar-refractivity contribution is 6.13. The van der Waals surface area contributed by atoms with E-state index in [1.54, 1.807) is 0 Å². The summed E-state index contributed by atoms with van der Waals surface area (Å²) in [4.78, 5) is 14.6. The van der Waals surface area contributed by atoms with Gasteiger partial charge in [0.2, 0.25) is 0 Å². The molecule has 5 heteroatoms. The van der Waals surface area contributed by atoms with Crippen molar-refractivity contribution in [2.24, 2.45) is 0 Å². The Balaban J connectivity index is 1.25. The van der Waals surface area contributed by atoms with Crippen LogP contribution in [0.25, 0.3) is 99.7 Å². The van der Waals surface area contributed by atoms with Crippen LogP contribution in [0.4, 0.5) is 0 Å². The van der Waals surface area contributed by atoms with Gasteiger partial charge in [0.05, 0.1) is 16.6 Å².